The maximum atomic E-state index is 12.0. The quantitative estimate of drug-likeness (QED) is 0.698. The van der Waals surface area contributed by atoms with Gasteiger partial charge in [-0.3, -0.25) is 9.78 Å². The van der Waals surface area contributed by atoms with Crippen LogP contribution in [0.25, 0.3) is 0 Å². The number of pyridine rings is 1. The zero-order valence-corrected chi connectivity index (χ0v) is 13.4. The maximum Gasteiger partial charge on any atom is 0.253 e. The van der Waals surface area contributed by atoms with Crippen molar-refractivity contribution < 1.29 is 9.53 Å². The van der Waals surface area contributed by atoms with Crippen LogP contribution in [0, 0.1) is 0 Å². The lowest BCUT2D eigenvalue weighted by atomic mass is 10.1. The lowest BCUT2D eigenvalue weighted by Crippen LogP contribution is -2.27. The number of methoxy groups -OCH3 is 1. The highest BCUT2D eigenvalue weighted by molar-refractivity contribution is 5.94. The van der Waals surface area contributed by atoms with Crippen molar-refractivity contribution >= 4 is 11.6 Å². The maximum absolute atomic E-state index is 12.0. The molecule has 5 heteroatoms. The van der Waals surface area contributed by atoms with Crippen molar-refractivity contribution in [2.45, 2.75) is 12.8 Å². The standard InChI is InChI=1S/C18H23N3O2/c1-23-11-10-21-18(22)16-12-17(14-19-13-16)20-9-5-8-15-6-3-2-4-7-15/h2-4,6-7,12-14,20H,5,8-11H2,1H3,(H,21,22). The Bertz CT molecular complexity index is 602. The van der Waals surface area contributed by atoms with E-state index in [1.54, 1.807) is 19.5 Å². The number of hydrogen-bond acceptors (Lipinski definition) is 4. The summed E-state index contributed by atoms with van der Waals surface area (Å²) in [5.74, 6) is -0.137. The van der Waals surface area contributed by atoms with E-state index in [-0.39, 0.29) is 5.91 Å². The van der Waals surface area contributed by atoms with Crippen molar-refractivity contribution in [2.75, 3.05) is 32.1 Å². The number of rotatable bonds is 9. The lowest BCUT2D eigenvalue weighted by Gasteiger charge is -2.08. The third-order valence-corrected chi connectivity index (χ3v) is 3.41. The summed E-state index contributed by atoms with van der Waals surface area (Å²) in [7, 11) is 1.60. The number of aromatic nitrogens is 1. The Kier molecular flexibility index (Phi) is 7.07. The van der Waals surface area contributed by atoms with E-state index in [1.165, 1.54) is 5.56 Å². The Morgan fingerprint density at radius 1 is 1.17 bits per heavy atom. The van der Waals surface area contributed by atoms with E-state index in [0.717, 1.165) is 25.1 Å². The van der Waals surface area contributed by atoms with Crippen molar-refractivity contribution in [1.29, 1.82) is 0 Å². The highest BCUT2D eigenvalue weighted by atomic mass is 16.5. The minimum atomic E-state index is -0.137. The first-order valence-electron chi connectivity index (χ1n) is 7.79. The van der Waals surface area contributed by atoms with E-state index in [9.17, 15) is 4.79 Å². The number of nitrogens with zero attached hydrogens (tertiary/aromatic N) is 1. The normalized spacial score (nSPS) is 10.3. The summed E-state index contributed by atoms with van der Waals surface area (Å²) >= 11 is 0. The number of nitrogens with one attached hydrogen (secondary N) is 2. The number of benzene rings is 1. The Labute approximate surface area is 137 Å². The average Bonchev–Trinajstić information content (AvgIpc) is 2.60. The van der Waals surface area contributed by atoms with Gasteiger partial charge < -0.3 is 15.4 Å². The zero-order chi connectivity index (χ0) is 16.3. The van der Waals surface area contributed by atoms with Crippen LogP contribution >= 0.6 is 0 Å². The van der Waals surface area contributed by atoms with E-state index in [1.807, 2.05) is 12.1 Å². The highest BCUT2D eigenvalue weighted by Crippen LogP contribution is 2.09. The SMILES string of the molecule is COCCNC(=O)c1cncc(NCCCc2ccccc2)c1. The van der Waals surface area contributed by atoms with Gasteiger partial charge in [0.2, 0.25) is 0 Å². The summed E-state index contributed by atoms with van der Waals surface area (Å²) in [5, 5.41) is 6.09. The molecular formula is C18H23N3O2. The smallest absolute Gasteiger partial charge is 0.253 e. The molecule has 0 aliphatic heterocycles. The average molecular weight is 313 g/mol. The molecule has 0 bridgehead atoms. The van der Waals surface area contributed by atoms with Gasteiger partial charge in [-0.2, -0.15) is 0 Å². The molecule has 1 heterocycles. The minimum Gasteiger partial charge on any atom is -0.384 e. The largest absolute Gasteiger partial charge is 0.384 e. The summed E-state index contributed by atoms with van der Waals surface area (Å²) in [4.78, 5) is 16.1. The molecule has 0 aliphatic carbocycles. The van der Waals surface area contributed by atoms with Crippen molar-refractivity contribution in [3.63, 3.8) is 0 Å². The fourth-order valence-corrected chi connectivity index (χ4v) is 2.20. The molecule has 2 aromatic rings. The minimum absolute atomic E-state index is 0.137. The second kappa shape index (κ2) is 9.58. The van der Waals surface area contributed by atoms with Gasteiger partial charge in [0.05, 0.1) is 17.9 Å². The van der Waals surface area contributed by atoms with Gasteiger partial charge in [0, 0.05) is 32.6 Å². The molecule has 0 saturated carbocycles. The predicted molar refractivity (Wildman–Crippen MR) is 91.7 cm³/mol. The first-order chi connectivity index (χ1) is 11.3. The second-order valence-corrected chi connectivity index (χ2v) is 5.23. The second-order valence-electron chi connectivity index (χ2n) is 5.23. The van der Waals surface area contributed by atoms with Crippen LogP contribution in [0.5, 0.6) is 0 Å². The van der Waals surface area contributed by atoms with Crippen LogP contribution in [0.2, 0.25) is 0 Å². The van der Waals surface area contributed by atoms with E-state index in [2.05, 4.69) is 39.9 Å². The summed E-state index contributed by atoms with van der Waals surface area (Å²) in [6.45, 7) is 1.83. The summed E-state index contributed by atoms with van der Waals surface area (Å²) in [5.41, 5.74) is 2.74. The molecule has 2 N–H and O–H groups in total. The Morgan fingerprint density at radius 2 is 2.00 bits per heavy atom. The molecule has 0 spiro atoms. The van der Waals surface area contributed by atoms with Crippen LogP contribution in [0.15, 0.2) is 48.8 Å². The fraction of sp³-hybridized carbons (Fsp3) is 0.333. The molecule has 0 saturated heterocycles. The number of ether oxygens (including phenoxy) is 1. The molecule has 0 unspecified atom stereocenters. The molecule has 23 heavy (non-hydrogen) atoms. The summed E-state index contributed by atoms with van der Waals surface area (Å²) < 4.78 is 4.91. The molecule has 5 nitrogen and oxygen atoms in total. The molecule has 122 valence electrons. The number of amides is 1. The molecule has 0 atom stereocenters. The third-order valence-electron chi connectivity index (χ3n) is 3.41. The van der Waals surface area contributed by atoms with Crippen molar-refractivity contribution in [3.8, 4) is 0 Å². The van der Waals surface area contributed by atoms with Crippen molar-refractivity contribution in [3.05, 3.63) is 59.9 Å². The number of carbonyl (C=O) groups is 1. The Hall–Kier alpha value is -2.40. The van der Waals surface area contributed by atoms with Crippen LogP contribution < -0.4 is 10.6 Å². The van der Waals surface area contributed by atoms with Crippen LogP contribution in [-0.2, 0) is 11.2 Å². The molecular weight excluding hydrogens is 290 g/mol. The third kappa shape index (κ3) is 6.08. The molecule has 2 rings (SSSR count). The Balaban J connectivity index is 1.77. The first-order valence-corrected chi connectivity index (χ1v) is 7.79. The predicted octanol–water partition coefficient (Wildman–Crippen LogP) is 2.50. The monoisotopic (exact) mass is 313 g/mol. The summed E-state index contributed by atoms with van der Waals surface area (Å²) in [6.07, 6.45) is 5.35. The number of hydrogen-bond donors (Lipinski definition) is 2. The van der Waals surface area contributed by atoms with E-state index in [0.29, 0.717) is 18.7 Å². The molecule has 1 aromatic heterocycles. The zero-order valence-electron chi connectivity index (χ0n) is 13.4. The van der Waals surface area contributed by atoms with E-state index < -0.39 is 0 Å². The van der Waals surface area contributed by atoms with Gasteiger partial charge in [-0.05, 0) is 24.5 Å². The van der Waals surface area contributed by atoms with Gasteiger partial charge in [0.25, 0.3) is 5.91 Å². The van der Waals surface area contributed by atoms with Gasteiger partial charge >= 0.3 is 0 Å². The molecule has 1 aromatic carbocycles. The van der Waals surface area contributed by atoms with Crippen molar-refractivity contribution in [1.82, 2.24) is 10.3 Å². The van der Waals surface area contributed by atoms with Gasteiger partial charge in [-0.1, -0.05) is 30.3 Å². The van der Waals surface area contributed by atoms with Gasteiger partial charge in [-0.25, -0.2) is 0 Å². The number of carbonyl (C=O) groups excluding carboxylic acids is 1. The fourth-order valence-electron chi connectivity index (χ4n) is 2.20. The molecule has 0 fully saturated rings. The molecule has 0 radical (unpaired) electrons. The first kappa shape index (κ1) is 17.0. The molecule has 1 amide bonds. The van der Waals surface area contributed by atoms with Gasteiger partial charge in [-0.15, -0.1) is 0 Å². The number of anilines is 1. The van der Waals surface area contributed by atoms with E-state index in [4.69, 9.17) is 4.74 Å². The van der Waals surface area contributed by atoms with Crippen LogP contribution in [0.3, 0.4) is 0 Å². The molecule has 0 aliphatic rings. The van der Waals surface area contributed by atoms with Crippen LogP contribution in [0.1, 0.15) is 22.3 Å². The highest BCUT2D eigenvalue weighted by Gasteiger charge is 2.06. The number of aryl methyl sites for hydroxylation is 1. The van der Waals surface area contributed by atoms with E-state index >= 15 is 0 Å². The Morgan fingerprint density at radius 3 is 2.78 bits per heavy atom. The van der Waals surface area contributed by atoms with Gasteiger partial charge in [0.15, 0.2) is 0 Å². The van der Waals surface area contributed by atoms with Crippen LogP contribution in [0.4, 0.5) is 5.69 Å². The van der Waals surface area contributed by atoms with Gasteiger partial charge in [0.1, 0.15) is 0 Å². The van der Waals surface area contributed by atoms with Crippen LogP contribution in [-0.4, -0.2) is 37.7 Å². The lowest BCUT2D eigenvalue weighted by molar-refractivity contribution is 0.0937. The van der Waals surface area contributed by atoms with Crippen molar-refractivity contribution in [2.24, 2.45) is 0 Å². The topological polar surface area (TPSA) is 63.2 Å². The summed E-state index contributed by atoms with van der Waals surface area (Å²) in [6, 6.07) is 12.2.